The van der Waals surface area contributed by atoms with E-state index in [1.807, 2.05) is 6.07 Å². The SMILES string of the molecule is OCC1CC1Nc1ccnc(Cl)c1. The highest BCUT2D eigenvalue weighted by Gasteiger charge is 2.36. The lowest BCUT2D eigenvalue weighted by atomic mass is 10.4. The first-order valence-electron chi connectivity index (χ1n) is 4.28. The Bertz CT molecular complexity index is 305. The number of nitrogens with one attached hydrogen (secondary N) is 1. The Hall–Kier alpha value is -0.800. The van der Waals surface area contributed by atoms with Crippen LogP contribution in [0.25, 0.3) is 0 Å². The maximum atomic E-state index is 8.83. The molecule has 2 rings (SSSR count). The molecule has 70 valence electrons. The number of anilines is 1. The highest BCUT2D eigenvalue weighted by Crippen LogP contribution is 2.32. The fourth-order valence-electron chi connectivity index (χ4n) is 1.33. The van der Waals surface area contributed by atoms with Gasteiger partial charge in [-0.05, 0) is 18.6 Å². The van der Waals surface area contributed by atoms with Crippen LogP contribution in [0.3, 0.4) is 0 Å². The molecule has 0 amide bonds. The summed E-state index contributed by atoms with van der Waals surface area (Å²) in [7, 11) is 0. The Morgan fingerprint density at radius 2 is 2.54 bits per heavy atom. The number of aliphatic hydroxyl groups is 1. The van der Waals surface area contributed by atoms with Crippen molar-refractivity contribution in [3.05, 3.63) is 23.5 Å². The first kappa shape index (κ1) is 8.78. The van der Waals surface area contributed by atoms with Crippen molar-refractivity contribution in [1.29, 1.82) is 0 Å². The lowest BCUT2D eigenvalue weighted by Crippen LogP contribution is -2.06. The molecule has 0 radical (unpaired) electrons. The number of pyridine rings is 1. The van der Waals surface area contributed by atoms with Crippen molar-refractivity contribution < 1.29 is 5.11 Å². The number of aromatic nitrogens is 1. The predicted molar refractivity (Wildman–Crippen MR) is 51.9 cm³/mol. The van der Waals surface area contributed by atoms with E-state index in [1.165, 1.54) is 0 Å². The van der Waals surface area contributed by atoms with Crippen LogP contribution in [0.2, 0.25) is 5.15 Å². The molecule has 1 aromatic rings. The Morgan fingerprint density at radius 1 is 1.69 bits per heavy atom. The number of aliphatic hydroxyl groups excluding tert-OH is 1. The minimum Gasteiger partial charge on any atom is -0.396 e. The molecule has 1 aliphatic carbocycles. The van der Waals surface area contributed by atoms with Gasteiger partial charge in [0, 0.05) is 30.5 Å². The summed E-state index contributed by atoms with van der Waals surface area (Å²) in [6.45, 7) is 0.260. The van der Waals surface area contributed by atoms with Crippen molar-refractivity contribution in [2.45, 2.75) is 12.5 Å². The molecular formula is C9H11ClN2O. The minimum atomic E-state index is 0.260. The van der Waals surface area contributed by atoms with E-state index in [0.29, 0.717) is 17.1 Å². The Balaban J connectivity index is 1.95. The average molecular weight is 199 g/mol. The van der Waals surface area contributed by atoms with Gasteiger partial charge in [0.2, 0.25) is 0 Å². The molecular weight excluding hydrogens is 188 g/mol. The van der Waals surface area contributed by atoms with Gasteiger partial charge in [-0.1, -0.05) is 11.6 Å². The van der Waals surface area contributed by atoms with Crippen molar-refractivity contribution in [2.24, 2.45) is 5.92 Å². The van der Waals surface area contributed by atoms with Gasteiger partial charge in [-0.15, -0.1) is 0 Å². The van der Waals surface area contributed by atoms with Crippen molar-refractivity contribution in [2.75, 3.05) is 11.9 Å². The average Bonchev–Trinajstić information content (AvgIpc) is 2.83. The summed E-state index contributed by atoms with van der Waals surface area (Å²) in [4.78, 5) is 3.88. The quantitative estimate of drug-likeness (QED) is 0.725. The topological polar surface area (TPSA) is 45.1 Å². The van der Waals surface area contributed by atoms with E-state index < -0.39 is 0 Å². The molecule has 2 unspecified atom stereocenters. The molecule has 4 heteroatoms. The molecule has 3 nitrogen and oxygen atoms in total. The number of halogens is 1. The van der Waals surface area contributed by atoms with E-state index >= 15 is 0 Å². The highest BCUT2D eigenvalue weighted by molar-refractivity contribution is 6.29. The summed E-state index contributed by atoms with van der Waals surface area (Å²) in [5.74, 6) is 0.409. The van der Waals surface area contributed by atoms with Crippen LogP contribution in [0, 0.1) is 5.92 Å². The van der Waals surface area contributed by atoms with E-state index in [-0.39, 0.29) is 6.61 Å². The highest BCUT2D eigenvalue weighted by atomic mass is 35.5. The zero-order chi connectivity index (χ0) is 9.26. The fourth-order valence-corrected chi connectivity index (χ4v) is 1.51. The van der Waals surface area contributed by atoms with Crippen LogP contribution in [0.5, 0.6) is 0 Å². The van der Waals surface area contributed by atoms with Gasteiger partial charge in [0.05, 0.1) is 0 Å². The van der Waals surface area contributed by atoms with E-state index in [0.717, 1.165) is 12.1 Å². The number of hydrogen-bond acceptors (Lipinski definition) is 3. The molecule has 2 N–H and O–H groups in total. The molecule has 13 heavy (non-hydrogen) atoms. The van der Waals surface area contributed by atoms with Crippen LogP contribution in [-0.4, -0.2) is 22.7 Å². The molecule has 0 aromatic carbocycles. The number of hydrogen-bond donors (Lipinski definition) is 2. The molecule has 0 saturated heterocycles. The van der Waals surface area contributed by atoms with Crippen LogP contribution in [0.4, 0.5) is 5.69 Å². The molecule has 0 spiro atoms. The van der Waals surface area contributed by atoms with Gasteiger partial charge in [-0.3, -0.25) is 0 Å². The van der Waals surface area contributed by atoms with E-state index in [9.17, 15) is 0 Å². The second-order valence-corrected chi connectivity index (χ2v) is 3.68. The summed E-state index contributed by atoms with van der Waals surface area (Å²) in [6.07, 6.45) is 2.71. The van der Waals surface area contributed by atoms with Gasteiger partial charge in [-0.25, -0.2) is 4.98 Å². The smallest absolute Gasteiger partial charge is 0.131 e. The third-order valence-corrected chi connectivity index (χ3v) is 2.44. The number of nitrogens with zero attached hydrogens (tertiary/aromatic N) is 1. The second-order valence-electron chi connectivity index (χ2n) is 3.30. The summed E-state index contributed by atoms with van der Waals surface area (Å²) < 4.78 is 0. The molecule has 1 saturated carbocycles. The van der Waals surface area contributed by atoms with Crippen LogP contribution in [0.1, 0.15) is 6.42 Å². The lowest BCUT2D eigenvalue weighted by Gasteiger charge is -2.04. The Morgan fingerprint density at radius 3 is 3.15 bits per heavy atom. The van der Waals surface area contributed by atoms with Crippen LogP contribution in [-0.2, 0) is 0 Å². The summed E-state index contributed by atoms with van der Waals surface area (Å²) >= 11 is 5.72. The normalized spacial score (nSPS) is 25.7. The molecule has 0 bridgehead atoms. The predicted octanol–water partition coefficient (Wildman–Crippen LogP) is 1.53. The number of rotatable bonds is 3. The maximum absolute atomic E-state index is 8.83. The van der Waals surface area contributed by atoms with Crippen LogP contribution in [0.15, 0.2) is 18.3 Å². The van der Waals surface area contributed by atoms with Crippen molar-refractivity contribution in [1.82, 2.24) is 4.98 Å². The summed E-state index contributed by atoms with van der Waals surface area (Å²) in [5, 5.41) is 12.6. The summed E-state index contributed by atoms with van der Waals surface area (Å²) in [6, 6.07) is 4.07. The van der Waals surface area contributed by atoms with Crippen molar-refractivity contribution in [3.8, 4) is 0 Å². The van der Waals surface area contributed by atoms with Crippen LogP contribution >= 0.6 is 11.6 Å². The largest absolute Gasteiger partial charge is 0.396 e. The Labute approximate surface area is 81.8 Å². The van der Waals surface area contributed by atoms with E-state index in [2.05, 4.69) is 10.3 Å². The van der Waals surface area contributed by atoms with Gasteiger partial charge in [-0.2, -0.15) is 0 Å². The Kier molecular flexibility index (Phi) is 2.38. The van der Waals surface area contributed by atoms with Gasteiger partial charge in [0.15, 0.2) is 0 Å². The van der Waals surface area contributed by atoms with E-state index in [1.54, 1.807) is 12.3 Å². The maximum Gasteiger partial charge on any atom is 0.131 e. The van der Waals surface area contributed by atoms with Gasteiger partial charge in [0.1, 0.15) is 5.15 Å². The van der Waals surface area contributed by atoms with Crippen molar-refractivity contribution >= 4 is 17.3 Å². The fraction of sp³-hybridized carbons (Fsp3) is 0.444. The van der Waals surface area contributed by atoms with Gasteiger partial charge >= 0.3 is 0 Å². The molecule has 2 atom stereocenters. The van der Waals surface area contributed by atoms with E-state index in [4.69, 9.17) is 16.7 Å². The zero-order valence-corrected chi connectivity index (χ0v) is 7.83. The monoisotopic (exact) mass is 198 g/mol. The summed E-state index contributed by atoms with van der Waals surface area (Å²) in [5.41, 5.74) is 0.973. The molecule has 1 aromatic heterocycles. The van der Waals surface area contributed by atoms with Gasteiger partial charge in [0.25, 0.3) is 0 Å². The third-order valence-electron chi connectivity index (χ3n) is 2.24. The molecule has 1 fully saturated rings. The molecule has 0 aliphatic heterocycles. The molecule has 1 heterocycles. The lowest BCUT2D eigenvalue weighted by molar-refractivity contribution is 0.275. The molecule has 1 aliphatic rings. The second kappa shape index (κ2) is 3.52. The van der Waals surface area contributed by atoms with Crippen molar-refractivity contribution in [3.63, 3.8) is 0 Å². The third kappa shape index (κ3) is 2.11. The van der Waals surface area contributed by atoms with Crippen LogP contribution < -0.4 is 5.32 Å². The first-order valence-corrected chi connectivity index (χ1v) is 4.66. The first-order chi connectivity index (χ1) is 6.29. The van der Waals surface area contributed by atoms with Gasteiger partial charge < -0.3 is 10.4 Å². The zero-order valence-electron chi connectivity index (χ0n) is 7.07. The standard InChI is InChI=1S/C9H11ClN2O/c10-9-4-7(1-2-11-9)12-8-3-6(8)5-13/h1-2,4,6,8,13H,3,5H2,(H,11,12). The minimum absolute atomic E-state index is 0.260.